The molecule has 0 radical (unpaired) electrons. The van der Waals surface area contributed by atoms with Crippen molar-refractivity contribution in [2.24, 2.45) is 10.9 Å². The second kappa shape index (κ2) is 9.09. The monoisotopic (exact) mass is 225 g/mol. The van der Waals surface area contributed by atoms with E-state index in [1.807, 2.05) is 6.92 Å². The summed E-state index contributed by atoms with van der Waals surface area (Å²) in [5.41, 5.74) is 0. The highest BCUT2D eigenvalue weighted by Gasteiger charge is 2.07. The standard InChI is InChI=1S/C12H23N3O/c1-5-15(4)10-6-8-14-12(16)11(2)7-9-13-3/h7,9,11H,3,5-6,8,10H2,1-2,4H3,(H,14,16)/b9-7-. The summed E-state index contributed by atoms with van der Waals surface area (Å²) in [4.78, 5) is 17.3. The van der Waals surface area contributed by atoms with E-state index in [1.165, 1.54) is 0 Å². The van der Waals surface area contributed by atoms with E-state index in [0.717, 1.165) is 26.1 Å². The van der Waals surface area contributed by atoms with Gasteiger partial charge in [-0.3, -0.25) is 9.79 Å². The molecule has 0 aliphatic rings. The molecule has 1 unspecified atom stereocenters. The van der Waals surface area contributed by atoms with E-state index in [4.69, 9.17) is 0 Å². The summed E-state index contributed by atoms with van der Waals surface area (Å²) in [6.45, 7) is 10.1. The molecule has 0 saturated heterocycles. The number of rotatable bonds is 8. The van der Waals surface area contributed by atoms with Gasteiger partial charge in [0.05, 0.1) is 5.92 Å². The van der Waals surface area contributed by atoms with Gasteiger partial charge in [0.25, 0.3) is 0 Å². The van der Waals surface area contributed by atoms with E-state index >= 15 is 0 Å². The zero-order valence-electron chi connectivity index (χ0n) is 10.6. The predicted octanol–water partition coefficient (Wildman–Crippen LogP) is 1.29. The summed E-state index contributed by atoms with van der Waals surface area (Å²) in [6.07, 6.45) is 4.27. The lowest BCUT2D eigenvalue weighted by Crippen LogP contribution is -2.31. The van der Waals surface area contributed by atoms with Crippen molar-refractivity contribution in [3.63, 3.8) is 0 Å². The van der Waals surface area contributed by atoms with Crippen LogP contribution in [0.2, 0.25) is 0 Å². The minimum Gasteiger partial charge on any atom is -0.356 e. The van der Waals surface area contributed by atoms with Crippen LogP contribution >= 0.6 is 0 Å². The van der Waals surface area contributed by atoms with E-state index in [0.29, 0.717) is 0 Å². The van der Waals surface area contributed by atoms with Gasteiger partial charge in [0.2, 0.25) is 5.91 Å². The van der Waals surface area contributed by atoms with Crippen molar-refractivity contribution in [3.8, 4) is 0 Å². The largest absolute Gasteiger partial charge is 0.356 e. The van der Waals surface area contributed by atoms with Crippen LogP contribution in [0.5, 0.6) is 0 Å². The van der Waals surface area contributed by atoms with Gasteiger partial charge in [-0.2, -0.15) is 0 Å². The van der Waals surface area contributed by atoms with Crippen LogP contribution in [-0.4, -0.2) is 44.2 Å². The molecular weight excluding hydrogens is 202 g/mol. The molecule has 0 aliphatic carbocycles. The molecule has 4 nitrogen and oxygen atoms in total. The third-order valence-corrected chi connectivity index (χ3v) is 2.45. The minimum atomic E-state index is -0.144. The fraction of sp³-hybridized carbons (Fsp3) is 0.667. The number of carbonyl (C=O) groups is 1. The Hall–Kier alpha value is -1.16. The van der Waals surface area contributed by atoms with Crippen molar-refractivity contribution in [2.75, 3.05) is 26.7 Å². The van der Waals surface area contributed by atoms with Gasteiger partial charge < -0.3 is 10.2 Å². The second-order valence-electron chi connectivity index (χ2n) is 3.85. The quantitative estimate of drug-likeness (QED) is 0.500. The van der Waals surface area contributed by atoms with Crippen LogP contribution in [-0.2, 0) is 4.79 Å². The molecule has 0 saturated carbocycles. The van der Waals surface area contributed by atoms with Gasteiger partial charge in [-0.25, -0.2) is 0 Å². The topological polar surface area (TPSA) is 44.7 Å². The van der Waals surface area contributed by atoms with Crippen LogP contribution < -0.4 is 5.32 Å². The second-order valence-corrected chi connectivity index (χ2v) is 3.85. The Morgan fingerprint density at radius 2 is 2.31 bits per heavy atom. The predicted molar refractivity (Wildman–Crippen MR) is 68.7 cm³/mol. The Kier molecular flexibility index (Phi) is 8.43. The van der Waals surface area contributed by atoms with E-state index in [9.17, 15) is 4.79 Å². The molecule has 0 aliphatic heterocycles. The highest BCUT2D eigenvalue weighted by atomic mass is 16.1. The molecule has 0 aromatic heterocycles. The lowest BCUT2D eigenvalue weighted by Gasteiger charge is -2.14. The minimum absolute atomic E-state index is 0.0408. The maximum Gasteiger partial charge on any atom is 0.226 e. The molecular formula is C12H23N3O. The first-order valence-corrected chi connectivity index (χ1v) is 5.70. The maximum absolute atomic E-state index is 11.5. The Morgan fingerprint density at radius 1 is 1.62 bits per heavy atom. The molecule has 0 aromatic carbocycles. The first kappa shape index (κ1) is 14.8. The van der Waals surface area contributed by atoms with Crippen LogP contribution in [0.15, 0.2) is 17.3 Å². The SMILES string of the molecule is C=N/C=C\C(C)C(=O)NCCCN(C)CC. The summed E-state index contributed by atoms with van der Waals surface area (Å²) in [5, 5.41) is 2.89. The third kappa shape index (κ3) is 7.17. The Balaban J connectivity index is 3.64. The Morgan fingerprint density at radius 3 is 2.88 bits per heavy atom. The summed E-state index contributed by atoms with van der Waals surface area (Å²) < 4.78 is 0. The number of aliphatic imine (C=N–C) groups is 1. The molecule has 0 rings (SSSR count). The number of hydrogen-bond acceptors (Lipinski definition) is 3. The van der Waals surface area contributed by atoms with Crippen molar-refractivity contribution in [1.29, 1.82) is 0 Å². The van der Waals surface area contributed by atoms with E-state index in [2.05, 4.69) is 35.9 Å². The first-order chi connectivity index (χ1) is 7.61. The normalized spacial score (nSPS) is 13.0. The fourth-order valence-corrected chi connectivity index (χ4v) is 1.16. The molecule has 1 N–H and O–H groups in total. The van der Waals surface area contributed by atoms with Gasteiger partial charge in [-0.1, -0.05) is 19.9 Å². The van der Waals surface area contributed by atoms with Gasteiger partial charge in [-0.05, 0) is 33.3 Å². The molecule has 0 fully saturated rings. The van der Waals surface area contributed by atoms with Crippen LogP contribution in [0.1, 0.15) is 20.3 Å². The molecule has 0 aromatic rings. The average Bonchev–Trinajstić information content (AvgIpc) is 2.30. The zero-order chi connectivity index (χ0) is 12.4. The Labute approximate surface area is 98.4 Å². The molecule has 4 heteroatoms. The van der Waals surface area contributed by atoms with Gasteiger partial charge in [0.15, 0.2) is 0 Å². The van der Waals surface area contributed by atoms with Crippen molar-refractivity contribution in [3.05, 3.63) is 12.3 Å². The van der Waals surface area contributed by atoms with Gasteiger partial charge >= 0.3 is 0 Å². The number of hydrogen-bond donors (Lipinski definition) is 1. The molecule has 92 valence electrons. The van der Waals surface area contributed by atoms with Gasteiger partial charge in [0.1, 0.15) is 0 Å². The summed E-state index contributed by atoms with van der Waals surface area (Å²) in [6, 6.07) is 0. The average molecular weight is 225 g/mol. The van der Waals surface area contributed by atoms with E-state index < -0.39 is 0 Å². The van der Waals surface area contributed by atoms with Gasteiger partial charge in [0, 0.05) is 12.7 Å². The van der Waals surface area contributed by atoms with Crippen LogP contribution in [0.4, 0.5) is 0 Å². The fourth-order valence-electron chi connectivity index (χ4n) is 1.16. The molecule has 0 bridgehead atoms. The highest BCUT2D eigenvalue weighted by Crippen LogP contribution is 1.97. The van der Waals surface area contributed by atoms with Crippen molar-refractivity contribution < 1.29 is 4.79 Å². The Bertz CT molecular complexity index is 238. The number of nitrogens with one attached hydrogen (secondary N) is 1. The molecule has 1 amide bonds. The third-order valence-electron chi connectivity index (χ3n) is 2.45. The molecule has 16 heavy (non-hydrogen) atoms. The van der Waals surface area contributed by atoms with Crippen molar-refractivity contribution in [1.82, 2.24) is 10.2 Å². The van der Waals surface area contributed by atoms with Crippen molar-refractivity contribution >= 4 is 12.6 Å². The van der Waals surface area contributed by atoms with Crippen LogP contribution in [0, 0.1) is 5.92 Å². The van der Waals surface area contributed by atoms with Crippen LogP contribution in [0.3, 0.4) is 0 Å². The number of carbonyl (C=O) groups excluding carboxylic acids is 1. The van der Waals surface area contributed by atoms with E-state index in [-0.39, 0.29) is 11.8 Å². The lowest BCUT2D eigenvalue weighted by molar-refractivity contribution is -0.123. The smallest absolute Gasteiger partial charge is 0.226 e. The van der Waals surface area contributed by atoms with E-state index in [1.54, 1.807) is 12.3 Å². The summed E-state index contributed by atoms with van der Waals surface area (Å²) in [5.74, 6) is -0.103. The molecule has 0 spiro atoms. The van der Waals surface area contributed by atoms with Crippen LogP contribution in [0.25, 0.3) is 0 Å². The molecule has 0 heterocycles. The zero-order valence-corrected chi connectivity index (χ0v) is 10.6. The highest BCUT2D eigenvalue weighted by molar-refractivity contribution is 5.79. The van der Waals surface area contributed by atoms with Gasteiger partial charge in [-0.15, -0.1) is 0 Å². The summed E-state index contributed by atoms with van der Waals surface area (Å²) >= 11 is 0. The van der Waals surface area contributed by atoms with Crippen molar-refractivity contribution in [2.45, 2.75) is 20.3 Å². The number of amides is 1. The number of nitrogens with zero attached hydrogens (tertiary/aromatic N) is 2. The first-order valence-electron chi connectivity index (χ1n) is 5.70. The summed E-state index contributed by atoms with van der Waals surface area (Å²) in [7, 11) is 2.07. The lowest BCUT2D eigenvalue weighted by atomic mass is 10.1. The molecule has 1 atom stereocenters. The maximum atomic E-state index is 11.5.